The molecule has 0 unspecified atom stereocenters. The van der Waals surface area contributed by atoms with Gasteiger partial charge in [-0.1, -0.05) is 24.3 Å². The van der Waals surface area contributed by atoms with E-state index in [0.717, 1.165) is 4.09 Å². The maximum Gasteiger partial charge on any atom is 0.286 e. The molecule has 1 heterocycles. The van der Waals surface area contributed by atoms with E-state index in [9.17, 15) is 12.8 Å². The van der Waals surface area contributed by atoms with Gasteiger partial charge in [0.1, 0.15) is 16.5 Å². The highest BCUT2D eigenvalue weighted by Gasteiger charge is 2.24. The number of ether oxygens (including phenoxy) is 1. The van der Waals surface area contributed by atoms with Crippen molar-refractivity contribution >= 4 is 15.8 Å². The number of aromatic nitrogens is 2. The van der Waals surface area contributed by atoms with Crippen LogP contribution in [0.3, 0.4) is 0 Å². The van der Waals surface area contributed by atoms with E-state index in [1.807, 2.05) is 0 Å². The second kappa shape index (κ2) is 6.21. The summed E-state index contributed by atoms with van der Waals surface area (Å²) in [7, 11) is -2.62. The van der Waals surface area contributed by atoms with E-state index in [1.165, 1.54) is 31.5 Å². The molecule has 0 saturated heterocycles. The van der Waals surface area contributed by atoms with Crippen molar-refractivity contribution in [2.24, 2.45) is 0 Å². The Balaban J connectivity index is 2.12. The van der Waals surface area contributed by atoms with E-state index in [2.05, 4.69) is 5.10 Å². The summed E-state index contributed by atoms with van der Waals surface area (Å²) in [6.45, 7) is 1.64. The highest BCUT2D eigenvalue weighted by molar-refractivity contribution is 7.90. The van der Waals surface area contributed by atoms with E-state index in [4.69, 9.17) is 10.5 Å². The number of aryl methyl sites for hydroxylation is 1. The zero-order valence-electron chi connectivity index (χ0n) is 13.6. The van der Waals surface area contributed by atoms with Crippen molar-refractivity contribution in [3.05, 3.63) is 60.0 Å². The van der Waals surface area contributed by atoms with Crippen molar-refractivity contribution in [3.63, 3.8) is 0 Å². The minimum absolute atomic E-state index is 0.0123. The van der Waals surface area contributed by atoms with Crippen molar-refractivity contribution in [2.45, 2.75) is 11.8 Å². The highest BCUT2D eigenvalue weighted by Crippen LogP contribution is 2.30. The average molecular weight is 361 g/mol. The number of nitrogens with zero attached hydrogens (tertiary/aromatic N) is 2. The Bertz CT molecular complexity index is 1050. The van der Waals surface area contributed by atoms with Gasteiger partial charge in [0.05, 0.1) is 13.3 Å². The number of benzene rings is 2. The van der Waals surface area contributed by atoms with Crippen LogP contribution in [0.4, 0.5) is 10.2 Å². The fraction of sp³-hybridized carbons (Fsp3) is 0.118. The summed E-state index contributed by atoms with van der Waals surface area (Å²) in [4.78, 5) is -0.0402. The molecule has 0 saturated carbocycles. The van der Waals surface area contributed by atoms with Crippen molar-refractivity contribution in [1.29, 1.82) is 0 Å². The van der Waals surface area contributed by atoms with E-state index < -0.39 is 15.8 Å². The van der Waals surface area contributed by atoms with Crippen molar-refractivity contribution < 1.29 is 17.5 Å². The third-order valence-electron chi connectivity index (χ3n) is 3.80. The lowest BCUT2D eigenvalue weighted by Crippen LogP contribution is -2.14. The van der Waals surface area contributed by atoms with Crippen LogP contribution in [0.5, 0.6) is 5.75 Å². The van der Waals surface area contributed by atoms with Gasteiger partial charge in [0.15, 0.2) is 5.82 Å². The molecule has 0 aliphatic heterocycles. The molecule has 3 rings (SSSR count). The topological polar surface area (TPSA) is 87.2 Å². The number of hydrogen-bond acceptors (Lipinski definition) is 5. The quantitative estimate of drug-likeness (QED) is 0.772. The smallest absolute Gasteiger partial charge is 0.286 e. The molecular formula is C17H16FN3O3S. The molecule has 3 aromatic rings. The molecule has 8 heteroatoms. The van der Waals surface area contributed by atoms with E-state index in [-0.39, 0.29) is 16.5 Å². The molecule has 2 aromatic carbocycles. The molecular weight excluding hydrogens is 345 g/mol. The third-order valence-corrected chi connectivity index (χ3v) is 5.37. The third kappa shape index (κ3) is 2.96. The lowest BCUT2D eigenvalue weighted by atomic mass is 10.1. The molecule has 0 aliphatic rings. The average Bonchev–Trinajstić information content (AvgIpc) is 3.00. The number of nitrogen functional groups attached to an aromatic ring is 1. The van der Waals surface area contributed by atoms with E-state index >= 15 is 0 Å². The van der Waals surface area contributed by atoms with Crippen LogP contribution in [-0.4, -0.2) is 24.7 Å². The number of para-hydroxylation sites is 1. The summed E-state index contributed by atoms with van der Waals surface area (Å²) in [6.07, 6.45) is 1.27. The fourth-order valence-electron chi connectivity index (χ4n) is 2.40. The number of halogens is 1. The molecule has 0 aliphatic carbocycles. The maximum absolute atomic E-state index is 13.8. The lowest BCUT2D eigenvalue weighted by Gasteiger charge is -2.08. The van der Waals surface area contributed by atoms with Gasteiger partial charge in [-0.2, -0.15) is 12.5 Å². The molecule has 0 fully saturated rings. The van der Waals surface area contributed by atoms with Gasteiger partial charge in [-0.05, 0) is 36.2 Å². The number of methoxy groups -OCH3 is 1. The molecule has 130 valence electrons. The second-order valence-electron chi connectivity index (χ2n) is 5.42. The summed E-state index contributed by atoms with van der Waals surface area (Å²) in [5.41, 5.74) is 7.12. The first-order valence-corrected chi connectivity index (χ1v) is 8.79. The molecule has 0 spiro atoms. The zero-order valence-corrected chi connectivity index (χ0v) is 14.4. The van der Waals surface area contributed by atoms with Crippen LogP contribution in [0.25, 0.3) is 11.1 Å². The van der Waals surface area contributed by atoms with E-state index in [1.54, 1.807) is 31.2 Å². The monoisotopic (exact) mass is 361 g/mol. The SMILES string of the molecule is COc1ccccc1S(=O)(=O)n1cc(-c2ccc(C)c(F)c2)c(N)n1. The van der Waals surface area contributed by atoms with Crippen LogP contribution in [-0.2, 0) is 10.0 Å². The Hall–Kier alpha value is -2.87. The number of nitrogens with two attached hydrogens (primary N) is 1. The Morgan fingerprint density at radius 1 is 1.20 bits per heavy atom. The standard InChI is InChI=1S/C17H16FN3O3S/c1-11-7-8-12(9-14(11)18)13-10-21(20-17(13)19)25(22,23)16-6-4-3-5-15(16)24-2/h3-10H,1-2H3,(H2,19,20). The van der Waals surface area contributed by atoms with Gasteiger partial charge >= 0.3 is 0 Å². The van der Waals surface area contributed by atoms with Gasteiger partial charge in [-0.15, -0.1) is 5.10 Å². The molecule has 25 heavy (non-hydrogen) atoms. The minimum atomic E-state index is -4.00. The fourth-order valence-corrected chi connectivity index (χ4v) is 3.70. The van der Waals surface area contributed by atoms with Gasteiger partial charge < -0.3 is 10.5 Å². The van der Waals surface area contributed by atoms with Gasteiger partial charge in [-0.25, -0.2) is 4.39 Å². The predicted molar refractivity (Wildman–Crippen MR) is 92.3 cm³/mol. The van der Waals surface area contributed by atoms with Gasteiger partial charge in [0, 0.05) is 5.56 Å². The Labute approximate surface area is 144 Å². The first-order valence-electron chi connectivity index (χ1n) is 7.35. The number of hydrogen-bond donors (Lipinski definition) is 1. The summed E-state index contributed by atoms with van der Waals surface area (Å²) < 4.78 is 45.3. The molecule has 0 bridgehead atoms. The normalized spacial score (nSPS) is 11.5. The van der Waals surface area contributed by atoms with E-state index in [0.29, 0.717) is 16.7 Å². The van der Waals surface area contributed by atoms with Gasteiger partial charge in [0.25, 0.3) is 10.0 Å². The molecule has 6 nitrogen and oxygen atoms in total. The Morgan fingerprint density at radius 3 is 2.60 bits per heavy atom. The van der Waals surface area contributed by atoms with Crippen LogP contribution in [0, 0.1) is 12.7 Å². The number of rotatable bonds is 4. The van der Waals surface area contributed by atoms with Crippen LogP contribution < -0.4 is 10.5 Å². The summed E-state index contributed by atoms with van der Waals surface area (Å²) >= 11 is 0. The number of anilines is 1. The maximum atomic E-state index is 13.8. The molecule has 0 atom stereocenters. The molecule has 2 N–H and O–H groups in total. The van der Waals surface area contributed by atoms with Crippen LogP contribution >= 0.6 is 0 Å². The molecule has 0 amide bonds. The van der Waals surface area contributed by atoms with Gasteiger partial charge in [0.2, 0.25) is 0 Å². The van der Waals surface area contributed by atoms with Crippen molar-refractivity contribution in [2.75, 3.05) is 12.8 Å². The molecule has 1 aromatic heterocycles. The predicted octanol–water partition coefficient (Wildman–Crippen LogP) is 2.83. The zero-order chi connectivity index (χ0) is 18.2. The highest BCUT2D eigenvalue weighted by atomic mass is 32.2. The second-order valence-corrected chi connectivity index (χ2v) is 7.18. The Kier molecular flexibility index (Phi) is 4.22. The lowest BCUT2D eigenvalue weighted by molar-refractivity contribution is 0.402. The first-order chi connectivity index (χ1) is 11.8. The largest absolute Gasteiger partial charge is 0.495 e. The van der Waals surface area contributed by atoms with Crippen molar-refractivity contribution in [3.8, 4) is 16.9 Å². The summed E-state index contributed by atoms with van der Waals surface area (Å²) in [6, 6.07) is 10.7. The van der Waals surface area contributed by atoms with Crippen LogP contribution in [0.15, 0.2) is 53.6 Å². The minimum Gasteiger partial charge on any atom is -0.495 e. The van der Waals surface area contributed by atoms with Crippen molar-refractivity contribution in [1.82, 2.24) is 9.19 Å². The summed E-state index contributed by atoms with van der Waals surface area (Å²) in [5.74, 6) is -0.224. The van der Waals surface area contributed by atoms with Gasteiger partial charge in [-0.3, -0.25) is 0 Å². The summed E-state index contributed by atoms with van der Waals surface area (Å²) in [5, 5.41) is 3.89. The Morgan fingerprint density at radius 2 is 1.92 bits per heavy atom. The van der Waals surface area contributed by atoms with Crippen LogP contribution in [0.1, 0.15) is 5.56 Å². The van der Waals surface area contributed by atoms with Crippen LogP contribution in [0.2, 0.25) is 0 Å². The first kappa shape index (κ1) is 17.0. The molecule has 0 radical (unpaired) electrons.